The zero-order chi connectivity index (χ0) is 17.9. The van der Waals surface area contributed by atoms with Gasteiger partial charge in [0.15, 0.2) is 0 Å². The van der Waals surface area contributed by atoms with E-state index in [0.717, 1.165) is 0 Å². The largest absolute Gasteiger partial charge is 0.456 e. The summed E-state index contributed by atoms with van der Waals surface area (Å²) in [5.74, 6) is 1.01. The van der Waals surface area contributed by atoms with Gasteiger partial charge in [0.25, 0.3) is 10.0 Å². The van der Waals surface area contributed by atoms with E-state index in [-0.39, 0.29) is 4.90 Å². The van der Waals surface area contributed by atoms with E-state index in [0.29, 0.717) is 27.2 Å². The first-order chi connectivity index (χ1) is 11.9. The lowest BCUT2D eigenvalue weighted by Gasteiger charge is -2.10. The average Bonchev–Trinajstić information content (AvgIpc) is 2.57. The average molecular weight is 395 g/mol. The van der Waals surface area contributed by atoms with Gasteiger partial charge in [-0.15, -0.1) is 0 Å². The predicted octanol–water partition coefficient (Wildman–Crippen LogP) is 4.98. The van der Waals surface area contributed by atoms with Gasteiger partial charge in [0.1, 0.15) is 11.5 Å². The molecule has 5 nitrogen and oxygen atoms in total. The van der Waals surface area contributed by atoms with Crippen molar-refractivity contribution in [3.63, 3.8) is 0 Å². The number of ether oxygens (including phenoxy) is 1. The minimum atomic E-state index is -3.68. The summed E-state index contributed by atoms with van der Waals surface area (Å²) < 4.78 is 32.7. The number of rotatable bonds is 5. The number of hydrogen-bond acceptors (Lipinski definition) is 4. The molecular weight excluding hydrogens is 383 g/mol. The molecule has 0 spiro atoms. The van der Waals surface area contributed by atoms with Crippen molar-refractivity contribution in [2.75, 3.05) is 4.72 Å². The Bertz CT molecular complexity index is 976. The molecule has 0 radical (unpaired) electrons. The molecule has 2 aromatic carbocycles. The van der Waals surface area contributed by atoms with Gasteiger partial charge in [0.05, 0.1) is 16.1 Å². The van der Waals surface area contributed by atoms with E-state index in [4.69, 9.17) is 27.9 Å². The number of aromatic nitrogens is 1. The number of nitrogens with one attached hydrogen (secondary N) is 1. The second-order valence-electron chi connectivity index (χ2n) is 5.02. The summed E-state index contributed by atoms with van der Waals surface area (Å²) in [6, 6.07) is 14.0. The maximum Gasteiger partial charge on any atom is 0.261 e. The summed E-state index contributed by atoms with van der Waals surface area (Å²) in [5, 5.41) is 0.931. The van der Waals surface area contributed by atoms with Gasteiger partial charge in [-0.3, -0.25) is 9.71 Å². The van der Waals surface area contributed by atoms with Crippen LogP contribution in [0.25, 0.3) is 0 Å². The van der Waals surface area contributed by atoms with Crippen molar-refractivity contribution in [3.05, 3.63) is 77.0 Å². The van der Waals surface area contributed by atoms with Crippen LogP contribution in [0.5, 0.6) is 11.5 Å². The van der Waals surface area contributed by atoms with Crippen LogP contribution in [0.4, 0.5) is 5.69 Å². The second-order valence-corrected chi connectivity index (χ2v) is 7.58. The highest BCUT2D eigenvalue weighted by molar-refractivity contribution is 7.92. The van der Waals surface area contributed by atoms with Crippen molar-refractivity contribution < 1.29 is 13.2 Å². The summed E-state index contributed by atoms with van der Waals surface area (Å²) in [5.41, 5.74) is 0.409. The van der Waals surface area contributed by atoms with Crippen molar-refractivity contribution in [2.45, 2.75) is 4.90 Å². The molecule has 1 heterocycles. The maximum absolute atomic E-state index is 12.3. The third kappa shape index (κ3) is 4.63. The Balaban J connectivity index is 1.73. The zero-order valence-corrected chi connectivity index (χ0v) is 15.0. The molecule has 8 heteroatoms. The molecule has 1 aromatic heterocycles. The minimum absolute atomic E-state index is 0.127. The molecule has 0 aliphatic rings. The van der Waals surface area contributed by atoms with Crippen LogP contribution in [-0.4, -0.2) is 13.4 Å². The summed E-state index contributed by atoms with van der Waals surface area (Å²) in [4.78, 5) is 4.06. The van der Waals surface area contributed by atoms with Crippen LogP contribution in [0.15, 0.2) is 71.9 Å². The van der Waals surface area contributed by atoms with E-state index in [9.17, 15) is 8.42 Å². The summed E-state index contributed by atoms with van der Waals surface area (Å²) in [6.45, 7) is 0. The number of anilines is 1. The van der Waals surface area contributed by atoms with Crippen molar-refractivity contribution in [3.8, 4) is 11.5 Å². The molecule has 0 atom stereocenters. The fraction of sp³-hybridized carbons (Fsp3) is 0. The molecule has 25 heavy (non-hydrogen) atoms. The maximum atomic E-state index is 12.3. The molecule has 0 aliphatic carbocycles. The molecule has 0 fully saturated rings. The molecule has 128 valence electrons. The zero-order valence-electron chi connectivity index (χ0n) is 12.7. The Morgan fingerprint density at radius 3 is 2.16 bits per heavy atom. The quantitative estimate of drug-likeness (QED) is 0.662. The van der Waals surface area contributed by atoms with Crippen LogP contribution >= 0.6 is 23.2 Å². The Labute approximate surface area is 155 Å². The van der Waals surface area contributed by atoms with Gasteiger partial charge in [-0.2, -0.15) is 0 Å². The van der Waals surface area contributed by atoms with Crippen molar-refractivity contribution in [2.24, 2.45) is 0 Å². The smallest absolute Gasteiger partial charge is 0.261 e. The van der Waals surface area contributed by atoms with Gasteiger partial charge < -0.3 is 4.74 Å². The lowest BCUT2D eigenvalue weighted by Crippen LogP contribution is -2.12. The first-order valence-corrected chi connectivity index (χ1v) is 9.33. The molecule has 0 bridgehead atoms. The SMILES string of the molecule is O=S(=O)(Nc1ccc(Oc2cncc(Cl)c2)cc1)c1ccc(Cl)cc1. The topological polar surface area (TPSA) is 68.3 Å². The first-order valence-electron chi connectivity index (χ1n) is 7.09. The van der Waals surface area contributed by atoms with Crippen LogP contribution in [0, 0.1) is 0 Å². The predicted molar refractivity (Wildman–Crippen MR) is 98.0 cm³/mol. The van der Waals surface area contributed by atoms with Crippen molar-refractivity contribution in [1.29, 1.82) is 0 Å². The van der Waals surface area contributed by atoms with Gasteiger partial charge in [0.2, 0.25) is 0 Å². The van der Waals surface area contributed by atoms with E-state index >= 15 is 0 Å². The van der Waals surface area contributed by atoms with Crippen LogP contribution in [0.2, 0.25) is 10.0 Å². The Kier molecular flexibility index (Phi) is 5.13. The minimum Gasteiger partial charge on any atom is -0.456 e. The number of pyridine rings is 1. The third-order valence-electron chi connectivity index (χ3n) is 3.15. The number of nitrogens with zero attached hydrogens (tertiary/aromatic N) is 1. The molecule has 3 rings (SSSR count). The Hall–Kier alpha value is -2.28. The van der Waals surface area contributed by atoms with Crippen LogP contribution < -0.4 is 9.46 Å². The van der Waals surface area contributed by atoms with Gasteiger partial charge >= 0.3 is 0 Å². The van der Waals surface area contributed by atoms with Crippen LogP contribution in [0.1, 0.15) is 0 Å². The van der Waals surface area contributed by atoms with Gasteiger partial charge in [0, 0.05) is 23.0 Å². The van der Waals surface area contributed by atoms with Gasteiger partial charge in [-0.25, -0.2) is 8.42 Å². The molecule has 1 N–H and O–H groups in total. The molecule has 0 aliphatic heterocycles. The van der Waals surface area contributed by atoms with E-state index in [1.165, 1.54) is 36.7 Å². The highest BCUT2D eigenvalue weighted by Crippen LogP contribution is 2.25. The highest BCUT2D eigenvalue weighted by atomic mass is 35.5. The van der Waals surface area contributed by atoms with E-state index < -0.39 is 10.0 Å². The number of halogens is 2. The second kappa shape index (κ2) is 7.31. The standard InChI is InChI=1S/C17H12Cl2N2O3S/c18-12-1-7-17(8-2-12)25(22,23)21-14-3-5-15(6-4-14)24-16-9-13(19)10-20-11-16/h1-11,21H. The molecule has 0 unspecified atom stereocenters. The van der Waals surface area contributed by atoms with Crippen molar-refractivity contribution in [1.82, 2.24) is 4.98 Å². The van der Waals surface area contributed by atoms with E-state index in [2.05, 4.69) is 9.71 Å². The lowest BCUT2D eigenvalue weighted by atomic mass is 10.3. The monoisotopic (exact) mass is 394 g/mol. The fourth-order valence-corrected chi connectivity index (χ4v) is 3.35. The van der Waals surface area contributed by atoms with Crippen LogP contribution in [-0.2, 0) is 10.0 Å². The summed E-state index contributed by atoms with van der Waals surface area (Å²) >= 11 is 11.6. The van der Waals surface area contributed by atoms with Gasteiger partial charge in [-0.1, -0.05) is 23.2 Å². The summed E-state index contributed by atoms with van der Waals surface area (Å²) in [7, 11) is -3.68. The highest BCUT2D eigenvalue weighted by Gasteiger charge is 2.14. The molecule has 0 saturated heterocycles. The van der Waals surface area contributed by atoms with Gasteiger partial charge in [-0.05, 0) is 48.5 Å². The van der Waals surface area contributed by atoms with Crippen LogP contribution in [0.3, 0.4) is 0 Å². The Morgan fingerprint density at radius 2 is 1.52 bits per heavy atom. The number of benzene rings is 2. The molecular formula is C17H12Cl2N2O3S. The fourth-order valence-electron chi connectivity index (χ4n) is 2.00. The number of sulfonamides is 1. The van der Waals surface area contributed by atoms with Crippen molar-refractivity contribution >= 4 is 38.9 Å². The van der Waals surface area contributed by atoms with E-state index in [1.807, 2.05) is 0 Å². The first kappa shape index (κ1) is 17.5. The Morgan fingerprint density at radius 1 is 0.840 bits per heavy atom. The molecule has 0 saturated carbocycles. The summed E-state index contributed by atoms with van der Waals surface area (Å²) in [6.07, 6.45) is 3.03. The third-order valence-corrected chi connectivity index (χ3v) is 5.00. The van der Waals surface area contributed by atoms with E-state index in [1.54, 1.807) is 30.3 Å². The molecule has 3 aromatic rings. The molecule has 0 amide bonds. The normalized spacial score (nSPS) is 11.1. The number of hydrogen-bond donors (Lipinski definition) is 1. The lowest BCUT2D eigenvalue weighted by molar-refractivity contribution is 0.480.